The van der Waals surface area contributed by atoms with Crippen molar-refractivity contribution in [2.24, 2.45) is 0 Å². The van der Waals surface area contributed by atoms with Gasteiger partial charge in [0.1, 0.15) is 0 Å². The molecule has 0 N–H and O–H groups in total. The fraction of sp³-hybridized carbons (Fsp3) is 0. The summed E-state index contributed by atoms with van der Waals surface area (Å²) in [6, 6.07) is 58.4. The highest BCUT2D eigenvalue weighted by atomic mass is 32.1. The molecule has 0 fully saturated rings. The van der Waals surface area contributed by atoms with Gasteiger partial charge in [0.2, 0.25) is 0 Å². The van der Waals surface area contributed by atoms with Gasteiger partial charge in [0.15, 0.2) is 17.5 Å². The molecule has 2 heterocycles. The van der Waals surface area contributed by atoms with Gasteiger partial charge in [-0.25, -0.2) is 15.0 Å². The van der Waals surface area contributed by atoms with Crippen LogP contribution in [0.2, 0.25) is 0 Å². The lowest BCUT2D eigenvalue weighted by atomic mass is 9.87. The molecule has 0 amide bonds. The zero-order valence-corrected chi connectivity index (χ0v) is 28.2. The van der Waals surface area contributed by atoms with Crippen LogP contribution < -0.4 is 0 Å². The van der Waals surface area contributed by atoms with Crippen molar-refractivity contribution in [1.82, 2.24) is 15.0 Å². The predicted octanol–water partition coefficient (Wildman–Crippen LogP) is 12.9. The van der Waals surface area contributed by atoms with Crippen LogP contribution in [0.25, 0.3) is 109 Å². The minimum atomic E-state index is 0.656. The lowest BCUT2D eigenvalue weighted by Crippen LogP contribution is -2.00. The van der Waals surface area contributed by atoms with Crippen molar-refractivity contribution < 1.29 is 0 Å². The third kappa shape index (κ3) is 4.33. The molecule has 0 saturated heterocycles. The number of thiophene rings is 1. The maximum absolute atomic E-state index is 5.03. The Kier molecular flexibility index (Phi) is 6.12. The van der Waals surface area contributed by atoms with E-state index >= 15 is 0 Å². The molecule has 51 heavy (non-hydrogen) atoms. The highest BCUT2D eigenvalue weighted by Crippen LogP contribution is 2.56. The fourth-order valence-electron chi connectivity index (χ4n) is 8.00. The first-order valence-corrected chi connectivity index (χ1v) is 18.0. The van der Waals surface area contributed by atoms with Crippen LogP contribution in [0.5, 0.6) is 0 Å². The summed E-state index contributed by atoms with van der Waals surface area (Å²) in [5.74, 6) is 1.98. The Morgan fingerprint density at radius 2 is 0.941 bits per heavy atom. The minimum absolute atomic E-state index is 0.656. The number of hydrogen-bond donors (Lipinski definition) is 0. The third-order valence-electron chi connectivity index (χ3n) is 10.2. The lowest BCUT2D eigenvalue weighted by Gasteiger charge is -2.16. The number of fused-ring (bicyclic) bond motifs is 7. The molecule has 8 aromatic carbocycles. The molecule has 0 bridgehead atoms. The fourth-order valence-corrected chi connectivity index (χ4v) is 9.16. The summed E-state index contributed by atoms with van der Waals surface area (Å²) in [6.45, 7) is 0. The molecule has 3 nitrogen and oxygen atoms in total. The third-order valence-corrected chi connectivity index (χ3v) is 11.4. The van der Waals surface area contributed by atoms with E-state index in [-0.39, 0.29) is 0 Å². The number of nitrogens with zero attached hydrogens (tertiary/aromatic N) is 3. The Bertz CT molecular complexity index is 2960. The van der Waals surface area contributed by atoms with Crippen LogP contribution in [0.3, 0.4) is 0 Å². The molecule has 236 valence electrons. The molecule has 1 aliphatic carbocycles. The van der Waals surface area contributed by atoms with E-state index in [1.807, 2.05) is 72.0 Å². The summed E-state index contributed by atoms with van der Waals surface area (Å²) in [6.07, 6.45) is 0. The van der Waals surface area contributed by atoms with Crippen LogP contribution in [-0.2, 0) is 0 Å². The van der Waals surface area contributed by atoms with Crippen molar-refractivity contribution in [3.63, 3.8) is 0 Å². The van der Waals surface area contributed by atoms with E-state index in [2.05, 4.69) is 103 Å². The van der Waals surface area contributed by atoms with Gasteiger partial charge in [0.25, 0.3) is 0 Å². The predicted molar refractivity (Wildman–Crippen MR) is 214 cm³/mol. The molecule has 0 aliphatic heterocycles. The van der Waals surface area contributed by atoms with E-state index < -0.39 is 0 Å². The number of hydrogen-bond acceptors (Lipinski definition) is 4. The van der Waals surface area contributed by atoms with Gasteiger partial charge < -0.3 is 0 Å². The molecule has 10 aromatic rings. The topological polar surface area (TPSA) is 38.7 Å². The maximum Gasteiger partial charge on any atom is 0.164 e. The summed E-state index contributed by atoms with van der Waals surface area (Å²) in [4.78, 5) is 15.0. The largest absolute Gasteiger partial charge is 0.208 e. The van der Waals surface area contributed by atoms with Crippen LogP contribution in [0.1, 0.15) is 0 Å². The summed E-state index contributed by atoms with van der Waals surface area (Å²) in [5.41, 5.74) is 10.7. The van der Waals surface area contributed by atoms with E-state index in [1.165, 1.54) is 69.7 Å². The average Bonchev–Trinajstić information content (AvgIpc) is 3.73. The lowest BCUT2D eigenvalue weighted by molar-refractivity contribution is 1.07. The highest BCUT2D eigenvalue weighted by molar-refractivity contribution is 7.26. The van der Waals surface area contributed by atoms with Crippen LogP contribution in [0, 0.1) is 0 Å². The van der Waals surface area contributed by atoms with E-state index in [0.717, 1.165) is 22.1 Å². The SMILES string of the molecule is c1ccc(-c2nc(-c3ccccc3)nc(-c3ccc4c(-c5c6c(cc7sc8ccccc8c57)-c5cccc7cccc-6c57)cccc4c3)n2)cc1. The molecule has 1 aliphatic rings. The highest BCUT2D eigenvalue weighted by Gasteiger charge is 2.28. The van der Waals surface area contributed by atoms with Crippen molar-refractivity contribution in [1.29, 1.82) is 0 Å². The maximum atomic E-state index is 5.03. The van der Waals surface area contributed by atoms with Gasteiger partial charge in [0, 0.05) is 42.4 Å². The normalized spacial score (nSPS) is 11.9. The van der Waals surface area contributed by atoms with Gasteiger partial charge in [-0.15, -0.1) is 11.3 Å². The molecule has 0 unspecified atom stereocenters. The molecular weight excluding hydrogens is 639 g/mol. The second-order valence-electron chi connectivity index (χ2n) is 13.1. The van der Waals surface area contributed by atoms with Crippen molar-refractivity contribution in [3.05, 3.63) is 164 Å². The summed E-state index contributed by atoms with van der Waals surface area (Å²) in [5, 5.41) is 7.61. The van der Waals surface area contributed by atoms with E-state index in [9.17, 15) is 0 Å². The summed E-state index contributed by atoms with van der Waals surface area (Å²) < 4.78 is 2.63. The van der Waals surface area contributed by atoms with Gasteiger partial charge >= 0.3 is 0 Å². The van der Waals surface area contributed by atoms with Crippen molar-refractivity contribution in [2.45, 2.75) is 0 Å². The average molecular weight is 666 g/mol. The number of rotatable bonds is 4. The first kappa shape index (κ1) is 28.4. The van der Waals surface area contributed by atoms with E-state index in [0.29, 0.717) is 17.5 Å². The second kappa shape index (κ2) is 11.0. The van der Waals surface area contributed by atoms with Crippen molar-refractivity contribution >= 4 is 53.1 Å². The monoisotopic (exact) mass is 665 g/mol. The zero-order valence-electron chi connectivity index (χ0n) is 27.3. The van der Waals surface area contributed by atoms with Gasteiger partial charge in [-0.1, -0.05) is 146 Å². The van der Waals surface area contributed by atoms with Gasteiger partial charge in [-0.3, -0.25) is 0 Å². The first-order chi connectivity index (χ1) is 25.3. The van der Waals surface area contributed by atoms with Crippen LogP contribution >= 0.6 is 11.3 Å². The second-order valence-corrected chi connectivity index (χ2v) is 14.2. The quantitative estimate of drug-likeness (QED) is 0.188. The molecule has 0 saturated carbocycles. The van der Waals surface area contributed by atoms with Crippen molar-refractivity contribution in [2.75, 3.05) is 0 Å². The summed E-state index contributed by atoms with van der Waals surface area (Å²) in [7, 11) is 0. The van der Waals surface area contributed by atoms with Crippen LogP contribution in [0.4, 0.5) is 0 Å². The molecule has 0 radical (unpaired) electrons. The Morgan fingerprint density at radius 3 is 1.67 bits per heavy atom. The van der Waals surface area contributed by atoms with Crippen LogP contribution in [-0.4, -0.2) is 15.0 Å². The van der Waals surface area contributed by atoms with E-state index in [1.54, 1.807) is 0 Å². The van der Waals surface area contributed by atoms with Gasteiger partial charge in [-0.05, 0) is 67.6 Å². The first-order valence-electron chi connectivity index (χ1n) is 17.2. The van der Waals surface area contributed by atoms with Crippen LogP contribution in [0.15, 0.2) is 164 Å². The van der Waals surface area contributed by atoms with Gasteiger partial charge in [-0.2, -0.15) is 0 Å². The molecule has 11 rings (SSSR count). The Labute approximate surface area is 298 Å². The Hall–Kier alpha value is -6.49. The van der Waals surface area contributed by atoms with E-state index in [4.69, 9.17) is 15.0 Å². The molecule has 2 aromatic heterocycles. The molecule has 0 atom stereocenters. The Balaban J connectivity index is 1.16. The smallest absolute Gasteiger partial charge is 0.164 e. The van der Waals surface area contributed by atoms with Gasteiger partial charge in [0.05, 0.1) is 0 Å². The zero-order chi connectivity index (χ0) is 33.5. The minimum Gasteiger partial charge on any atom is -0.208 e. The molecule has 4 heteroatoms. The number of aromatic nitrogens is 3. The standard InChI is InChI=1S/C47H27N3S/c1-3-12-29(13-4-1)45-48-46(30-14-5-2-6-15-30)50-47(49-45)32-24-25-33-31(26-32)18-11-20-34(33)44-42-37-22-10-17-28-16-9-21-35(41(28)37)38(42)27-40-43(44)36-19-7-8-23-39(36)51-40/h1-27H. The molecule has 0 spiro atoms. The Morgan fingerprint density at radius 1 is 0.333 bits per heavy atom. The molecular formula is C47H27N3S. The van der Waals surface area contributed by atoms with Crippen molar-refractivity contribution in [3.8, 4) is 67.5 Å². The number of benzene rings is 8. The summed E-state index contributed by atoms with van der Waals surface area (Å²) >= 11 is 1.89.